The molecule has 0 amide bonds. The molecule has 104 valence electrons. The molecule has 1 atom stereocenters. The van der Waals surface area contributed by atoms with Gasteiger partial charge in [0.05, 0.1) is 6.10 Å². The minimum Gasteiger partial charge on any atom is -0.478 e. The van der Waals surface area contributed by atoms with Crippen molar-refractivity contribution in [2.45, 2.75) is 6.10 Å². The third kappa shape index (κ3) is 3.55. The van der Waals surface area contributed by atoms with Crippen LogP contribution in [0.3, 0.4) is 0 Å². The van der Waals surface area contributed by atoms with Crippen LogP contribution in [0.5, 0.6) is 0 Å². The molecule has 0 aliphatic rings. The maximum Gasteiger partial charge on any atom is 0.339 e. The third-order valence-corrected chi connectivity index (χ3v) is 3.17. The fourth-order valence-electron chi connectivity index (χ4n) is 1.73. The van der Waals surface area contributed by atoms with Gasteiger partial charge in [0, 0.05) is 17.2 Å². The highest BCUT2D eigenvalue weighted by Crippen LogP contribution is 2.19. The van der Waals surface area contributed by atoms with Crippen molar-refractivity contribution in [1.82, 2.24) is 4.98 Å². The fraction of sp³-hybridized carbons (Fsp3) is 0.143. The number of halogens is 1. The average molecular weight is 337 g/mol. The highest BCUT2D eigenvalue weighted by atomic mass is 79.9. The Morgan fingerprint density at radius 2 is 2.05 bits per heavy atom. The number of benzene rings is 1. The summed E-state index contributed by atoms with van der Waals surface area (Å²) >= 11 is 3.18. The van der Waals surface area contributed by atoms with E-state index in [-0.39, 0.29) is 17.9 Å². The van der Waals surface area contributed by atoms with Crippen molar-refractivity contribution in [3.05, 3.63) is 58.2 Å². The fourth-order valence-corrected chi connectivity index (χ4v) is 2.06. The van der Waals surface area contributed by atoms with Crippen molar-refractivity contribution < 1.29 is 15.0 Å². The van der Waals surface area contributed by atoms with Gasteiger partial charge in [-0.2, -0.15) is 0 Å². The summed E-state index contributed by atoms with van der Waals surface area (Å²) < 4.78 is 0.587. The van der Waals surface area contributed by atoms with Gasteiger partial charge in [-0.15, -0.1) is 0 Å². The Balaban J connectivity index is 2.09. The lowest BCUT2D eigenvalue weighted by atomic mass is 10.1. The van der Waals surface area contributed by atoms with E-state index < -0.39 is 12.1 Å². The van der Waals surface area contributed by atoms with Gasteiger partial charge < -0.3 is 15.5 Å². The monoisotopic (exact) mass is 336 g/mol. The van der Waals surface area contributed by atoms with Crippen molar-refractivity contribution in [1.29, 1.82) is 0 Å². The molecule has 5 nitrogen and oxygen atoms in total. The summed E-state index contributed by atoms with van der Waals surface area (Å²) in [4.78, 5) is 15.1. The molecule has 0 fully saturated rings. The van der Waals surface area contributed by atoms with E-state index in [9.17, 15) is 9.90 Å². The maximum absolute atomic E-state index is 11.1. The highest BCUT2D eigenvalue weighted by molar-refractivity contribution is 9.10. The summed E-state index contributed by atoms with van der Waals surface area (Å²) in [5.41, 5.74) is 0.814. The molecule has 1 aromatic carbocycles. The number of carboxylic acids is 1. The van der Waals surface area contributed by atoms with E-state index in [0.29, 0.717) is 4.47 Å². The Morgan fingerprint density at radius 3 is 2.70 bits per heavy atom. The van der Waals surface area contributed by atoms with Gasteiger partial charge in [-0.1, -0.05) is 30.3 Å². The van der Waals surface area contributed by atoms with E-state index in [0.717, 1.165) is 5.56 Å². The van der Waals surface area contributed by atoms with E-state index in [1.54, 1.807) is 12.1 Å². The molecule has 1 unspecified atom stereocenters. The van der Waals surface area contributed by atoms with Gasteiger partial charge in [0.25, 0.3) is 0 Å². The number of nitrogens with one attached hydrogen (secondary N) is 1. The second-order valence-electron chi connectivity index (χ2n) is 4.16. The van der Waals surface area contributed by atoms with Crippen LogP contribution in [-0.4, -0.2) is 27.7 Å². The first kappa shape index (κ1) is 14.5. The van der Waals surface area contributed by atoms with Crippen molar-refractivity contribution in [2.75, 3.05) is 11.9 Å². The van der Waals surface area contributed by atoms with Crippen LogP contribution in [0.4, 0.5) is 5.82 Å². The molecule has 0 spiro atoms. The topological polar surface area (TPSA) is 82.5 Å². The molecule has 6 heteroatoms. The van der Waals surface area contributed by atoms with Gasteiger partial charge in [-0.25, -0.2) is 9.78 Å². The Labute approximate surface area is 124 Å². The summed E-state index contributed by atoms with van der Waals surface area (Å²) in [5.74, 6) is -0.841. The molecule has 3 N–H and O–H groups in total. The standard InChI is InChI=1S/C14H13BrN2O3/c15-10-6-11(14(19)20)13(16-7-10)17-8-12(18)9-4-2-1-3-5-9/h1-7,12,18H,8H2,(H,16,17)(H,19,20). The molecule has 0 radical (unpaired) electrons. The quantitative estimate of drug-likeness (QED) is 0.781. The molecular formula is C14H13BrN2O3. The number of aromatic nitrogens is 1. The molecule has 2 aromatic rings. The lowest BCUT2D eigenvalue weighted by Crippen LogP contribution is -2.15. The Hall–Kier alpha value is -1.92. The minimum atomic E-state index is -1.07. The van der Waals surface area contributed by atoms with E-state index in [1.807, 2.05) is 18.2 Å². The lowest BCUT2D eigenvalue weighted by Gasteiger charge is -2.14. The first-order valence-electron chi connectivity index (χ1n) is 5.93. The van der Waals surface area contributed by atoms with Gasteiger partial charge in [-0.05, 0) is 27.6 Å². The summed E-state index contributed by atoms with van der Waals surface area (Å²) in [6, 6.07) is 10.6. The van der Waals surface area contributed by atoms with Crippen LogP contribution in [-0.2, 0) is 0 Å². The van der Waals surface area contributed by atoms with Crippen LogP contribution >= 0.6 is 15.9 Å². The molecular weight excluding hydrogens is 324 g/mol. The van der Waals surface area contributed by atoms with Crippen molar-refractivity contribution in [3.63, 3.8) is 0 Å². The predicted octanol–water partition coefficient (Wildman–Crippen LogP) is 2.69. The number of aromatic carboxylic acids is 1. The Bertz CT molecular complexity index is 605. The number of carbonyl (C=O) groups is 1. The number of aliphatic hydroxyl groups excluding tert-OH is 1. The zero-order chi connectivity index (χ0) is 14.5. The first-order chi connectivity index (χ1) is 9.58. The van der Waals surface area contributed by atoms with Crippen LogP contribution in [0.15, 0.2) is 47.1 Å². The summed E-state index contributed by atoms with van der Waals surface area (Å²) in [6.07, 6.45) is 0.771. The maximum atomic E-state index is 11.1. The van der Waals surface area contributed by atoms with Crippen molar-refractivity contribution in [3.8, 4) is 0 Å². The second kappa shape index (κ2) is 6.49. The summed E-state index contributed by atoms with van der Waals surface area (Å²) in [5, 5.41) is 22.0. The average Bonchev–Trinajstić information content (AvgIpc) is 2.46. The largest absolute Gasteiger partial charge is 0.478 e. The molecule has 0 aliphatic carbocycles. The van der Waals surface area contributed by atoms with Crippen LogP contribution < -0.4 is 5.32 Å². The van der Waals surface area contributed by atoms with Gasteiger partial charge in [0.15, 0.2) is 0 Å². The molecule has 0 aliphatic heterocycles. The van der Waals surface area contributed by atoms with Crippen LogP contribution in [0.2, 0.25) is 0 Å². The zero-order valence-corrected chi connectivity index (χ0v) is 12.0. The lowest BCUT2D eigenvalue weighted by molar-refractivity contribution is 0.0697. The smallest absolute Gasteiger partial charge is 0.339 e. The van der Waals surface area contributed by atoms with E-state index in [4.69, 9.17) is 5.11 Å². The molecule has 1 heterocycles. The summed E-state index contributed by atoms with van der Waals surface area (Å²) in [6.45, 7) is 0.179. The number of hydrogen-bond acceptors (Lipinski definition) is 4. The number of nitrogens with zero attached hydrogens (tertiary/aromatic N) is 1. The van der Waals surface area contributed by atoms with Gasteiger partial charge in [-0.3, -0.25) is 0 Å². The van der Waals surface area contributed by atoms with Crippen LogP contribution in [0, 0.1) is 0 Å². The summed E-state index contributed by atoms with van der Waals surface area (Å²) in [7, 11) is 0. The zero-order valence-electron chi connectivity index (χ0n) is 10.5. The predicted molar refractivity (Wildman–Crippen MR) is 78.8 cm³/mol. The van der Waals surface area contributed by atoms with Crippen molar-refractivity contribution in [2.24, 2.45) is 0 Å². The Kier molecular flexibility index (Phi) is 4.70. The number of aliphatic hydroxyl groups is 1. The van der Waals surface area contributed by atoms with E-state index in [2.05, 4.69) is 26.2 Å². The first-order valence-corrected chi connectivity index (χ1v) is 6.73. The number of pyridine rings is 1. The molecule has 20 heavy (non-hydrogen) atoms. The molecule has 0 bridgehead atoms. The van der Waals surface area contributed by atoms with Gasteiger partial charge in [0.2, 0.25) is 0 Å². The SMILES string of the molecule is O=C(O)c1cc(Br)cnc1NCC(O)c1ccccc1. The van der Waals surface area contributed by atoms with E-state index >= 15 is 0 Å². The number of rotatable bonds is 5. The van der Waals surface area contributed by atoms with E-state index in [1.165, 1.54) is 12.3 Å². The van der Waals surface area contributed by atoms with Crippen LogP contribution in [0.1, 0.15) is 22.0 Å². The Morgan fingerprint density at radius 1 is 1.35 bits per heavy atom. The van der Waals surface area contributed by atoms with Gasteiger partial charge >= 0.3 is 5.97 Å². The normalized spacial score (nSPS) is 11.9. The highest BCUT2D eigenvalue weighted by Gasteiger charge is 2.14. The molecule has 2 rings (SSSR count). The van der Waals surface area contributed by atoms with Crippen molar-refractivity contribution >= 4 is 27.7 Å². The molecule has 0 saturated heterocycles. The third-order valence-electron chi connectivity index (χ3n) is 2.73. The molecule has 0 saturated carbocycles. The molecule has 1 aromatic heterocycles. The minimum absolute atomic E-state index is 0.0552. The number of hydrogen-bond donors (Lipinski definition) is 3. The van der Waals surface area contributed by atoms with Crippen LogP contribution in [0.25, 0.3) is 0 Å². The number of anilines is 1. The van der Waals surface area contributed by atoms with Gasteiger partial charge in [0.1, 0.15) is 11.4 Å². The second-order valence-corrected chi connectivity index (χ2v) is 5.08. The number of carboxylic acid groups (broad SMARTS) is 1.